The van der Waals surface area contributed by atoms with Crippen molar-refractivity contribution in [1.82, 2.24) is 9.97 Å². The number of ether oxygens (including phenoxy) is 1. The van der Waals surface area contributed by atoms with E-state index in [0.29, 0.717) is 6.54 Å². The average molecular weight is 209 g/mol. The molecule has 1 fully saturated rings. The Morgan fingerprint density at radius 2 is 2.07 bits per heavy atom. The third-order valence-corrected chi connectivity index (χ3v) is 2.33. The number of rotatable bonds is 2. The van der Waals surface area contributed by atoms with Crippen molar-refractivity contribution in [1.29, 1.82) is 0 Å². The molecular formula is C9H15N5O. The van der Waals surface area contributed by atoms with Gasteiger partial charge in [0.1, 0.15) is 5.82 Å². The topological polar surface area (TPSA) is 90.3 Å². The maximum absolute atomic E-state index is 5.61. The Morgan fingerprint density at radius 1 is 1.33 bits per heavy atom. The lowest BCUT2D eigenvalue weighted by atomic mass is 10.3. The number of anilines is 2. The number of nitrogen functional groups attached to an aromatic ring is 1. The highest BCUT2D eigenvalue weighted by Gasteiger charge is 2.13. The summed E-state index contributed by atoms with van der Waals surface area (Å²) in [5.74, 6) is 1.12. The van der Waals surface area contributed by atoms with Gasteiger partial charge in [0, 0.05) is 25.7 Å². The van der Waals surface area contributed by atoms with E-state index in [9.17, 15) is 0 Å². The fraction of sp³-hybridized carbons (Fsp3) is 0.556. The van der Waals surface area contributed by atoms with E-state index in [-0.39, 0.29) is 5.95 Å². The Labute approximate surface area is 88.2 Å². The molecule has 4 N–H and O–H groups in total. The van der Waals surface area contributed by atoms with Crippen molar-refractivity contribution in [3.8, 4) is 0 Å². The fourth-order valence-electron chi connectivity index (χ4n) is 1.56. The summed E-state index contributed by atoms with van der Waals surface area (Å²) in [6.07, 6.45) is 0. The molecule has 0 spiro atoms. The minimum atomic E-state index is 0.277. The molecule has 0 unspecified atom stereocenters. The van der Waals surface area contributed by atoms with Gasteiger partial charge in [-0.1, -0.05) is 0 Å². The van der Waals surface area contributed by atoms with Gasteiger partial charge < -0.3 is 21.1 Å². The zero-order valence-corrected chi connectivity index (χ0v) is 8.52. The van der Waals surface area contributed by atoms with Crippen LogP contribution in [-0.4, -0.2) is 36.3 Å². The van der Waals surface area contributed by atoms with Gasteiger partial charge in [-0.2, -0.15) is 4.98 Å². The van der Waals surface area contributed by atoms with E-state index in [2.05, 4.69) is 14.9 Å². The Balaban J connectivity index is 2.22. The second-order valence-corrected chi connectivity index (χ2v) is 3.38. The molecule has 0 atom stereocenters. The van der Waals surface area contributed by atoms with Gasteiger partial charge in [0.25, 0.3) is 0 Å². The fourth-order valence-corrected chi connectivity index (χ4v) is 1.56. The number of nitrogens with two attached hydrogens (primary N) is 2. The molecule has 15 heavy (non-hydrogen) atoms. The van der Waals surface area contributed by atoms with E-state index in [1.54, 1.807) is 0 Å². The van der Waals surface area contributed by atoms with E-state index in [1.807, 2.05) is 6.07 Å². The molecule has 0 amide bonds. The van der Waals surface area contributed by atoms with Crippen LogP contribution in [0.25, 0.3) is 0 Å². The molecule has 6 nitrogen and oxygen atoms in total. The molecule has 0 aliphatic carbocycles. The first-order chi connectivity index (χ1) is 7.29. The van der Waals surface area contributed by atoms with Gasteiger partial charge in [-0.25, -0.2) is 4.98 Å². The van der Waals surface area contributed by atoms with Crippen molar-refractivity contribution in [2.24, 2.45) is 5.73 Å². The molecule has 82 valence electrons. The average Bonchev–Trinajstić information content (AvgIpc) is 2.29. The van der Waals surface area contributed by atoms with Crippen molar-refractivity contribution in [3.63, 3.8) is 0 Å². The minimum Gasteiger partial charge on any atom is -0.378 e. The smallest absolute Gasteiger partial charge is 0.222 e. The molecule has 1 aliphatic heterocycles. The molecule has 1 aliphatic rings. The summed E-state index contributed by atoms with van der Waals surface area (Å²) in [7, 11) is 0. The van der Waals surface area contributed by atoms with Crippen LogP contribution in [0, 0.1) is 0 Å². The summed E-state index contributed by atoms with van der Waals surface area (Å²) in [5.41, 5.74) is 11.9. The second kappa shape index (κ2) is 4.41. The van der Waals surface area contributed by atoms with Crippen LogP contribution in [0.2, 0.25) is 0 Å². The Hall–Kier alpha value is -1.40. The molecule has 1 aromatic heterocycles. The largest absolute Gasteiger partial charge is 0.378 e. The van der Waals surface area contributed by atoms with Crippen LogP contribution in [0.3, 0.4) is 0 Å². The molecular weight excluding hydrogens is 194 g/mol. The highest BCUT2D eigenvalue weighted by molar-refractivity contribution is 5.43. The third-order valence-electron chi connectivity index (χ3n) is 2.33. The van der Waals surface area contributed by atoms with Gasteiger partial charge in [0.2, 0.25) is 5.95 Å². The van der Waals surface area contributed by atoms with Crippen LogP contribution in [0.4, 0.5) is 11.8 Å². The quantitative estimate of drug-likeness (QED) is 0.673. The first-order valence-electron chi connectivity index (χ1n) is 4.96. The van der Waals surface area contributed by atoms with E-state index >= 15 is 0 Å². The molecule has 2 heterocycles. The molecule has 0 aromatic carbocycles. The van der Waals surface area contributed by atoms with Gasteiger partial charge in [0.15, 0.2) is 0 Å². The number of nitrogens with zero attached hydrogens (tertiary/aromatic N) is 3. The van der Waals surface area contributed by atoms with Crippen molar-refractivity contribution < 1.29 is 4.74 Å². The first-order valence-corrected chi connectivity index (χ1v) is 4.96. The lowest BCUT2D eigenvalue weighted by Gasteiger charge is -2.27. The summed E-state index contributed by atoms with van der Waals surface area (Å²) in [5, 5.41) is 0. The molecule has 0 bridgehead atoms. The molecule has 0 saturated carbocycles. The summed E-state index contributed by atoms with van der Waals surface area (Å²) >= 11 is 0. The van der Waals surface area contributed by atoms with Gasteiger partial charge >= 0.3 is 0 Å². The predicted octanol–water partition coefficient (Wildman–Crippen LogP) is -0.646. The van der Waals surface area contributed by atoms with Gasteiger partial charge in [-0.15, -0.1) is 0 Å². The maximum atomic E-state index is 5.61. The maximum Gasteiger partial charge on any atom is 0.222 e. The van der Waals surface area contributed by atoms with E-state index in [1.165, 1.54) is 0 Å². The summed E-state index contributed by atoms with van der Waals surface area (Å²) in [4.78, 5) is 10.3. The van der Waals surface area contributed by atoms with E-state index < -0.39 is 0 Å². The number of morpholine rings is 1. The lowest BCUT2D eigenvalue weighted by Crippen LogP contribution is -2.37. The van der Waals surface area contributed by atoms with Crippen LogP contribution in [0.1, 0.15) is 5.69 Å². The van der Waals surface area contributed by atoms with Crippen molar-refractivity contribution in [3.05, 3.63) is 11.8 Å². The number of aromatic nitrogens is 2. The third kappa shape index (κ3) is 2.34. The molecule has 1 aromatic rings. The highest BCUT2D eigenvalue weighted by atomic mass is 16.5. The zero-order chi connectivity index (χ0) is 10.7. The van der Waals surface area contributed by atoms with Gasteiger partial charge in [0.05, 0.1) is 18.9 Å². The Kier molecular flexibility index (Phi) is 2.98. The normalized spacial score (nSPS) is 16.7. The van der Waals surface area contributed by atoms with Gasteiger partial charge in [-0.05, 0) is 0 Å². The van der Waals surface area contributed by atoms with Crippen molar-refractivity contribution in [2.75, 3.05) is 36.9 Å². The van der Waals surface area contributed by atoms with Crippen LogP contribution in [0.15, 0.2) is 6.07 Å². The number of hydrogen-bond donors (Lipinski definition) is 2. The van der Waals surface area contributed by atoms with E-state index in [4.69, 9.17) is 16.2 Å². The van der Waals surface area contributed by atoms with Crippen LogP contribution in [-0.2, 0) is 11.3 Å². The summed E-state index contributed by atoms with van der Waals surface area (Å²) in [6.45, 7) is 3.49. The molecule has 2 rings (SSSR count). The minimum absolute atomic E-state index is 0.277. The summed E-state index contributed by atoms with van der Waals surface area (Å²) < 4.78 is 5.27. The van der Waals surface area contributed by atoms with Crippen molar-refractivity contribution in [2.45, 2.75) is 6.54 Å². The predicted molar refractivity (Wildman–Crippen MR) is 57.4 cm³/mol. The monoisotopic (exact) mass is 209 g/mol. The highest BCUT2D eigenvalue weighted by Crippen LogP contribution is 2.14. The Bertz CT molecular complexity index is 337. The van der Waals surface area contributed by atoms with E-state index in [0.717, 1.165) is 37.8 Å². The molecule has 0 radical (unpaired) electrons. The zero-order valence-electron chi connectivity index (χ0n) is 8.52. The SMILES string of the molecule is NCc1cc(N2CCOCC2)nc(N)n1. The summed E-state index contributed by atoms with van der Waals surface area (Å²) in [6, 6.07) is 1.88. The van der Waals surface area contributed by atoms with Crippen LogP contribution < -0.4 is 16.4 Å². The van der Waals surface area contributed by atoms with Gasteiger partial charge in [-0.3, -0.25) is 0 Å². The lowest BCUT2D eigenvalue weighted by molar-refractivity contribution is 0.122. The second-order valence-electron chi connectivity index (χ2n) is 3.38. The van der Waals surface area contributed by atoms with Crippen LogP contribution in [0.5, 0.6) is 0 Å². The Morgan fingerprint density at radius 3 is 2.73 bits per heavy atom. The van der Waals surface area contributed by atoms with Crippen molar-refractivity contribution >= 4 is 11.8 Å². The first kappa shape index (κ1) is 10.1. The number of hydrogen-bond acceptors (Lipinski definition) is 6. The molecule has 6 heteroatoms. The molecule has 1 saturated heterocycles. The van der Waals surface area contributed by atoms with Crippen LogP contribution >= 0.6 is 0 Å². The standard InChI is InChI=1S/C9H15N5O/c10-6-7-5-8(13-9(11)12-7)14-1-3-15-4-2-14/h5H,1-4,6,10H2,(H2,11,12,13).